The Morgan fingerprint density at radius 2 is 1.50 bits per heavy atom. The van der Waals surface area contributed by atoms with Gasteiger partial charge in [0, 0.05) is 11.1 Å². The molecule has 0 radical (unpaired) electrons. The molecular weight excluding hydrogens is 362 g/mol. The molecule has 0 amide bonds. The van der Waals surface area contributed by atoms with Crippen LogP contribution in [0.3, 0.4) is 0 Å². The summed E-state index contributed by atoms with van der Waals surface area (Å²) in [5, 5.41) is 4.45. The molecule has 9 heteroatoms. The van der Waals surface area contributed by atoms with Crippen LogP contribution in [0, 0.1) is 0 Å². The second-order valence-corrected chi connectivity index (χ2v) is 6.70. The van der Waals surface area contributed by atoms with Gasteiger partial charge in [0.05, 0.1) is 20.5 Å². The lowest BCUT2D eigenvalue weighted by molar-refractivity contribution is -0.137. The molecule has 0 fully saturated rings. The summed E-state index contributed by atoms with van der Waals surface area (Å²) in [5.41, 5.74) is -1.02. The lowest BCUT2D eigenvalue weighted by atomic mass is 10.0. The molecule has 118 valence electrons. The third kappa shape index (κ3) is 3.38. The van der Waals surface area contributed by atoms with Crippen molar-refractivity contribution in [2.24, 2.45) is 5.14 Å². The predicted octanol–water partition coefficient (Wildman–Crippen LogP) is 4.33. The molecule has 2 aromatic rings. The van der Waals surface area contributed by atoms with Crippen molar-refractivity contribution in [3.05, 3.63) is 52.0 Å². The molecular formula is C13H8Cl2F3NO2S. The second kappa shape index (κ2) is 5.73. The van der Waals surface area contributed by atoms with E-state index in [0.29, 0.717) is 12.1 Å². The number of hydrogen-bond acceptors (Lipinski definition) is 2. The fraction of sp³-hybridized carbons (Fsp3) is 0.0769. The van der Waals surface area contributed by atoms with E-state index in [4.69, 9.17) is 28.3 Å². The fourth-order valence-electron chi connectivity index (χ4n) is 1.92. The van der Waals surface area contributed by atoms with E-state index in [1.165, 1.54) is 24.3 Å². The molecule has 0 atom stereocenters. The summed E-state index contributed by atoms with van der Waals surface area (Å²) in [6.45, 7) is 0. The number of hydrogen-bond donors (Lipinski definition) is 1. The van der Waals surface area contributed by atoms with Crippen LogP contribution in [0.1, 0.15) is 5.56 Å². The maximum Gasteiger partial charge on any atom is 0.416 e. The highest BCUT2D eigenvalue weighted by Gasteiger charge is 2.32. The standard InChI is InChI=1S/C13H8Cl2F3NO2S/c14-9-5-7(13(16,17)18)6-10(15)12(9)8-3-1-2-4-11(8)22(19,20)21/h1-6H,(H2,19,20,21). The molecule has 0 aliphatic rings. The highest BCUT2D eigenvalue weighted by atomic mass is 35.5. The molecule has 0 bridgehead atoms. The van der Waals surface area contributed by atoms with Gasteiger partial charge in [-0.1, -0.05) is 41.4 Å². The molecule has 3 nitrogen and oxygen atoms in total. The summed E-state index contributed by atoms with van der Waals surface area (Å²) in [5.74, 6) is 0. The zero-order chi connectivity index (χ0) is 16.7. The van der Waals surface area contributed by atoms with E-state index in [0.717, 1.165) is 0 Å². The minimum Gasteiger partial charge on any atom is -0.225 e. The van der Waals surface area contributed by atoms with Gasteiger partial charge in [0.25, 0.3) is 0 Å². The monoisotopic (exact) mass is 369 g/mol. The Labute approximate surface area is 134 Å². The molecule has 2 N–H and O–H groups in total. The van der Waals surface area contributed by atoms with Gasteiger partial charge in [-0.05, 0) is 18.2 Å². The Morgan fingerprint density at radius 1 is 1.00 bits per heavy atom. The number of nitrogens with two attached hydrogens (primary N) is 1. The number of rotatable bonds is 2. The largest absolute Gasteiger partial charge is 0.416 e. The maximum atomic E-state index is 12.7. The van der Waals surface area contributed by atoms with Gasteiger partial charge in [-0.3, -0.25) is 0 Å². The molecule has 0 heterocycles. The van der Waals surface area contributed by atoms with Crippen molar-refractivity contribution in [2.75, 3.05) is 0 Å². The van der Waals surface area contributed by atoms with Gasteiger partial charge in [0.1, 0.15) is 0 Å². The van der Waals surface area contributed by atoms with Crippen molar-refractivity contribution in [1.82, 2.24) is 0 Å². The van der Waals surface area contributed by atoms with Gasteiger partial charge < -0.3 is 0 Å². The summed E-state index contributed by atoms with van der Waals surface area (Å²) >= 11 is 11.8. The Balaban J connectivity index is 2.76. The van der Waals surface area contributed by atoms with Crippen molar-refractivity contribution in [3.63, 3.8) is 0 Å². The Bertz CT molecular complexity index is 812. The van der Waals surface area contributed by atoms with Crippen LogP contribution in [0.4, 0.5) is 13.2 Å². The topological polar surface area (TPSA) is 60.2 Å². The van der Waals surface area contributed by atoms with Crippen LogP contribution < -0.4 is 5.14 Å². The number of alkyl halides is 3. The summed E-state index contributed by atoms with van der Waals surface area (Å²) in [6.07, 6.45) is -4.62. The van der Waals surface area contributed by atoms with Crippen molar-refractivity contribution in [3.8, 4) is 11.1 Å². The minimum absolute atomic E-state index is 0.0269. The zero-order valence-corrected chi connectivity index (χ0v) is 13.0. The summed E-state index contributed by atoms with van der Waals surface area (Å²) in [6, 6.07) is 6.87. The van der Waals surface area contributed by atoms with Crippen LogP contribution >= 0.6 is 23.2 Å². The highest BCUT2D eigenvalue weighted by molar-refractivity contribution is 7.89. The van der Waals surface area contributed by atoms with Gasteiger partial charge in [0.15, 0.2) is 0 Å². The molecule has 0 spiro atoms. The van der Waals surface area contributed by atoms with Gasteiger partial charge in [-0.25, -0.2) is 13.6 Å². The first-order valence-electron chi connectivity index (χ1n) is 5.70. The van der Waals surface area contributed by atoms with Crippen LogP contribution in [-0.4, -0.2) is 8.42 Å². The van der Waals surface area contributed by atoms with Crippen molar-refractivity contribution in [2.45, 2.75) is 11.1 Å². The summed E-state index contributed by atoms with van der Waals surface area (Å²) in [4.78, 5) is -0.279. The lowest BCUT2D eigenvalue weighted by Crippen LogP contribution is -2.13. The molecule has 2 rings (SSSR count). The van der Waals surface area contributed by atoms with Crippen LogP contribution in [0.2, 0.25) is 10.0 Å². The van der Waals surface area contributed by atoms with E-state index < -0.39 is 21.8 Å². The first-order valence-corrected chi connectivity index (χ1v) is 8.00. The Kier molecular flexibility index (Phi) is 4.45. The first kappa shape index (κ1) is 17.1. The van der Waals surface area contributed by atoms with E-state index in [-0.39, 0.29) is 26.1 Å². The normalized spacial score (nSPS) is 12.5. The maximum absolute atomic E-state index is 12.7. The third-order valence-electron chi connectivity index (χ3n) is 2.83. The fourth-order valence-corrected chi connectivity index (χ4v) is 3.35. The van der Waals surface area contributed by atoms with E-state index in [2.05, 4.69) is 0 Å². The number of benzene rings is 2. The quantitative estimate of drug-likeness (QED) is 0.856. The van der Waals surface area contributed by atoms with E-state index in [9.17, 15) is 21.6 Å². The molecule has 22 heavy (non-hydrogen) atoms. The van der Waals surface area contributed by atoms with Crippen LogP contribution in [0.15, 0.2) is 41.3 Å². The Morgan fingerprint density at radius 3 is 1.95 bits per heavy atom. The highest BCUT2D eigenvalue weighted by Crippen LogP contribution is 2.42. The van der Waals surface area contributed by atoms with Gasteiger partial charge >= 0.3 is 6.18 Å². The molecule has 0 saturated heterocycles. The predicted molar refractivity (Wildman–Crippen MR) is 78.3 cm³/mol. The van der Waals surface area contributed by atoms with E-state index in [1.807, 2.05) is 0 Å². The lowest BCUT2D eigenvalue weighted by Gasteiger charge is -2.14. The molecule has 0 unspecified atom stereocenters. The molecule has 0 aromatic heterocycles. The summed E-state index contributed by atoms with van der Waals surface area (Å²) < 4.78 is 61.3. The van der Waals surface area contributed by atoms with E-state index >= 15 is 0 Å². The average molecular weight is 370 g/mol. The summed E-state index contributed by atoms with van der Waals surface area (Å²) in [7, 11) is -4.09. The first-order chi connectivity index (χ1) is 10.0. The smallest absolute Gasteiger partial charge is 0.225 e. The molecule has 0 aliphatic heterocycles. The number of sulfonamides is 1. The third-order valence-corrected chi connectivity index (χ3v) is 4.40. The number of primary sulfonamides is 1. The average Bonchev–Trinajstić information content (AvgIpc) is 2.36. The van der Waals surface area contributed by atoms with Gasteiger partial charge in [-0.15, -0.1) is 0 Å². The van der Waals surface area contributed by atoms with Crippen molar-refractivity contribution >= 4 is 33.2 Å². The molecule has 0 aliphatic carbocycles. The SMILES string of the molecule is NS(=O)(=O)c1ccccc1-c1c(Cl)cc(C(F)(F)F)cc1Cl. The second-order valence-electron chi connectivity index (χ2n) is 4.35. The van der Waals surface area contributed by atoms with Gasteiger partial charge in [0.2, 0.25) is 10.0 Å². The van der Waals surface area contributed by atoms with Crippen LogP contribution in [0.25, 0.3) is 11.1 Å². The van der Waals surface area contributed by atoms with E-state index in [1.54, 1.807) is 0 Å². The molecule has 0 saturated carbocycles. The Hall–Kier alpha value is -1.28. The van der Waals surface area contributed by atoms with Crippen LogP contribution in [-0.2, 0) is 16.2 Å². The van der Waals surface area contributed by atoms with Crippen LogP contribution in [0.5, 0.6) is 0 Å². The van der Waals surface area contributed by atoms with Crippen molar-refractivity contribution in [1.29, 1.82) is 0 Å². The van der Waals surface area contributed by atoms with Crippen molar-refractivity contribution < 1.29 is 21.6 Å². The zero-order valence-electron chi connectivity index (χ0n) is 10.7. The minimum atomic E-state index is -4.62. The number of halogens is 5. The van der Waals surface area contributed by atoms with Gasteiger partial charge in [-0.2, -0.15) is 13.2 Å². The molecule has 2 aromatic carbocycles.